The van der Waals surface area contributed by atoms with Gasteiger partial charge in [0.15, 0.2) is 0 Å². The van der Waals surface area contributed by atoms with Gasteiger partial charge in [0, 0.05) is 34.5 Å². The normalized spacial score (nSPS) is 11.7. The first-order valence-corrected chi connectivity index (χ1v) is 9.99. The summed E-state index contributed by atoms with van der Waals surface area (Å²) >= 11 is 0. The Balaban J connectivity index is 1.76. The molecule has 30 heavy (non-hydrogen) atoms. The third-order valence-corrected chi connectivity index (χ3v) is 5.16. The molecule has 0 fully saturated rings. The zero-order valence-electron chi connectivity index (χ0n) is 17.6. The van der Waals surface area contributed by atoms with E-state index < -0.39 is 5.91 Å². The fourth-order valence-electron chi connectivity index (χ4n) is 3.64. The van der Waals surface area contributed by atoms with Crippen molar-refractivity contribution in [2.24, 2.45) is 0 Å². The topological polar surface area (TPSA) is 87.0 Å². The van der Waals surface area contributed by atoms with Crippen LogP contribution in [0.3, 0.4) is 0 Å². The Morgan fingerprint density at radius 3 is 2.60 bits per heavy atom. The van der Waals surface area contributed by atoms with E-state index >= 15 is 0 Å². The van der Waals surface area contributed by atoms with Crippen molar-refractivity contribution >= 4 is 33.4 Å². The van der Waals surface area contributed by atoms with Crippen LogP contribution in [-0.2, 0) is 5.41 Å². The predicted octanol–water partition coefficient (Wildman–Crippen LogP) is 4.96. The molecular weight excluding hydrogens is 378 g/mol. The second-order valence-corrected chi connectivity index (χ2v) is 8.34. The molecule has 0 bridgehead atoms. The molecule has 2 aromatic heterocycles. The van der Waals surface area contributed by atoms with Crippen LogP contribution in [-0.4, -0.2) is 22.5 Å². The summed E-state index contributed by atoms with van der Waals surface area (Å²) in [5, 5.41) is 4.45. The number of aromatic nitrogens is 2. The van der Waals surface area contributed by atoms with E-state index in [4.69, 9.17) is 4.74 Å². The number of pyridine rings is 1. The van der Waals surface area contributed by atoms with Crippen molar-refractivity contribution in [1.82, 2.24) is 9.97 Å². The van der Waals surface area contributed by atoms with Crippen LogP contribution >= 0.6 is 0 Å². The van der Waals surface area contributed by atoms with Gasteiger partial charge in [-0.25, -0.2) is 0 Å². The highest BCUT2D eigenvalue weighted by molar-refractivity contribution is 6.07. The fraction of sp³-hybridized carbons (Fsp3) is 0.250. The number of carbonyl (C=O) groups is 1. The molecular formula is C24H25N3O3. The van der Waals surface area contributed by atoms with E-state index in [1.165, 1.54) is 6.20 Å². The average molecular weight is 403 g/mol. The van der Waals surface area contributed by atoms with Crippen molar-refractivity contribution in [2.45, 2.75) is 33.1 Å². The van der Waals surface area contributed by atoms with Gasteiger partial charge in [0.05, 0.1) is 6.61 Å². The lowest BCUT2D eigenvalue weighted by molar-refractivity contribution is 0.102. The highest BCUT2D eigenvalue weighted by atomic mass is 16.5. The molecule has 0 unspecified atom stereocenters. The first-order valence-electron chi connectivity index (χ1n) is 9.99. The van der Waals surface area contributed by atoms with E-state index in [0.29, 0.717) is 28.9 Å². The smallest absolute Gasteiger partial charge is 0.261 e. The Morgan fingerprint density at radius 2 is 1.87 bits per heavy atom. The minimum absolute atomic E-state index is 0.0580. The van der Waals surface area contributed by atoms with Crippen molar-refractivity contribution in [3.05, 3.63) is 70.1 Å². The number of amides is 1. The summed E-state index contributed by atoms with van der Waals surface area (Å²) in [7, 11) is 0. The number of H-pyrrole nitrogens is 2. The summed E-state index contributed by atoms with van der Waals surface area (Å²) in [5.74, 6) is 0.150. The van der Waals surface area contributed by atoms with Crippen LogP contribution < -0.4 is 15.5 Å². The first-order chi connectivity index (χ1) is 14.3. The molecule has 0 aliphatic rings. The van der Waals surface area contributed by atoms with Gasteiger partial charge in [-0.2, -0.15) is 0 Å². The molecule has 0 atom stereocenters. The lowest BCUT2D eigenvalue weighted by Gasteiger charge is -2.23. The van der Waals surface area contributed by atoms with Crippen molar-refractivity contribution < 1.29 is 9.53 Å². The van der Waals surface area contributed by atoms with Gasteiger partial charge in [-0.3, -0.25) is 9.59 Å². The van der Waals surface area contributed by atoms with E-state index in [2.05, 4.69) is 42.1 Å². The maximum Gasteiger partial charge on any atom is 0.261 e. The zero-order valence-corrected chi connectivity index (χ0v) is 17.6. The standard InChI is InChI=1S/C24H25N3O3/c1-5-30-15-6-7-19-16(11-15)22(28)17(13-26-19)23(29)27-21-12-20-14(8-9-25-20)10-18(21)24(2,3)4/h6-13,25H,5H2,1-4H3,(H,26,28)(H,27,29). The first kappa shape index (κ1) is 19.8. The van der Waals surface area contributed by atoms with E-state index in [0.717, 1.165) is 16.5 Å². The van der Waals surface area contributed by atoms with Gasteiger partial charge >= 0.3 is 0 Å². The Labute approximate surface area is 174 Å². The molecule has 0 spiro atoms. The molecule has 0 radical (unpaired) electrons. The molecule has 3 N–H and O–H groups in total. The van der Waals surface area contributed by atoms with Gasteiger partial charge in [-0.05, 0) is 59.7 Å². The lowest BCUT2D eigenvalue weighted by Crippen LogP contribution is -2.24. The number of hydrogen-bond donors (Lipinski definition) is 3. The molecule has 2 heterocycles. The van der Waals surface area contributed by atoms with E-state index in [1.807, 2.05) is 25.3 Å². The summed E-state index contributed by atoms with van der Waals surface area (Å²) in [5.41, 5.74) is 2.80. The third-order valence-electron chi connectivity index (χ3n) is 5.16. The molecule has 6 heteroatoms. The van der Waals surface area contributed by atoms with Gasteiger partial charge < -0.3 is 20.0 Å². The molecule has 6 nitrogen and oxygen atoms in total. The van der Waals surface area contributed by atoms with Gasteiger partial charge in [0.2, 0.25) is 5.43 Å². The number of fused-ring (bicyclic) bond motifs is 2. The summed E-state index contributed by atoms with van der Waals surface area (Å²) < 4.78 is 5.49. The average Bonchev–Trinajstić information content (AvgIpc) is 3.15. The highest BCUT2D eigenvalue weighted by Crippen LogP contribution is 2.33. The second-order valence-electron chi connectivity index (χ2n) is 8.34. The van der Waals surface area contributed by atoms with Crippen molar-refractivity contribution in [1.29, 1.82) is 0 Å². The van der Waals surface area contributed by atoms with Crippen LogP contribution in [0.4, 0.5) is 5.69 Å². The number of benzene rings is 2. The Kier molecular flexibility index (Phi) is 4.86. The summed E-state index contributed by atoms with van der Waals surface area (Å²) in [4.78, 5) is 32.3. The van der Waals surface area contributed by atoms with Crippen LogP contribution in [0, 0.1) is 0 Å². The summed E-state index contributed by atoms with van der Waals surface area (Å²) in [6.45, 7) is 8.66. The van der Waals surface area contributed by atoms with Crippen molar-refractivity contribution in [3.63, 3.8) is 0 Å². The third kappa shape index (κ3) is 3.56. The molecule has 0 saturated carbocycles. The van der Waals surface area contributed by atoms with Gasteiger partial charge in [-0.1, -0.05) is 20.8 Å². The quantitative estimate of drug-likeness (QED) is 0.450. The van der Waals surface area contributed by atoms with Gasteiger partial charge in [0.1, 0.15) is 11.3 Å². The lowest BCUT2D eigenvalue weighted by atomic mass is 9.85. The van der Waals surface area contributed by atoms with Crippen molar-refractivity contribution in [3.8, 4) is 5.75 Å². The molecule has 4 rings (SSSR count). The molecule has 154 valence electrons. The van der Waals surface area contributed by atoms with E-state index in [1.54, 1.807) is 18.2 Å². The minimum atomic E-state index is -0.448. The van der Waals surface area contributed by atoms with E-state index in [9.17, 15) is 9.59 Å². The number of rotatable bonds is 4. The predicted molar refractivity (Wildman–Crippen MR) is 121 cm³/mol. The molecule has 4 aromatic rings. The monoisotopic (exact) mass is 403 g/mol. The molecule has 1 amide bonds. The maximum atomic E-state index is 13.1. The minimum Gasteiger partial charge on any atom is -0.494 e. The molecule has 0 saturated heterocycles. The van der Waals surface area contributed by atoms with Crippen molar-refractivity contribution in [2.75, 3.05) is 11.9 Å². The fourth-order valence-corrected chi connectivity index (χ4v) is 3.64. The zero-order chi connectivity index (χ0) is 21.5. The Morgan fingerprint density at radius 1 is 1.07 bits per heavy atom. The molecule has 0 aliphatic carbocycles. The largest absolute Gasteiger partial charge is 0.494 e. The number of anilines is 1. The Hall–Kier alpha value is -3.54. The van der Waals surface area contributed by atoms with Crippen LogP contribution in [0.2, 0.25) is 0 Å². The number of aromatic amines is 2. The summed E-state index contributed by atoms with van der Waals surface area (Å²) in [6, 6.07) is 11.2. The highest BCUT2D eigenvalue weighted by Gasteiger charge is 2.22. The van der Waals surface area contributed by atoms with Crippen LogP contribution in [0.15, 0.2) is 53.6 Å². The Bertz CT molecular complexity index is 1310. The maximum absolute atomic E-state index is 13.1. The number of nitrogens with one attached hydrogen (secondary N) is 3. The second kappa shape index (κ2) is 7.37. The van der Waals surface area contributed by atoms with Crippen LogP contribution in [0.25, 0.3) is 21.8 Å². The number of hydrogen-bond acceptors (Lipinski definition) is 3. The van der Waals surface area contributed by atoms with Crippen LogP contribution in [0.5, 0.6) is 5.75 Å². The van der Waals surface area contributed by atoms with Gasteiger partial charge in [0.25, 0.3) is 5.91 Å². The van der Waals surface area contributed by atoms with E-state index in [-0.39, 0.29) is 16.4 Å². The summed E-state index contributed by atoms with van der Waals surface area (Å²) in [6.07, 6.45) is 3.33. The van der Waals surface area contributed by atoms with Crippen LogP contribution in [0.1, 0.15) is 43.6 Å². The van der Waals surface area contributed by atoms with Gasteiger partial charge in [-0.15, -0.1) is 0 Å². The molecule has 2 aromatic carbocycles. The number of ether oxygens (including phenoxy) is 1. The SMILES string of the molecule is CCOc1ccc2[nH]cc(C(=O)Nc3cc4[nH]ccc4cc3C(C)(C)C)c(=O)c2c1. The molecule has 0 aliphatic heterocycles. The number of carbonyl (C=O) groups excluding carboxylic acids is 1.